The molecule has 0 aromatic heterocycles. The van der Waals surface area contributed by atoms with Crippen molar-refractivity contribution in [2.24, 2.45) is 0 Å². The van der Waals surface area contributed by atoms with E-state index in [9.17, 15) is 14.3 Å². The number of hydrogen-bond acceptors (Lipinski definition) is 2. The van der Waals surface area contributed by atoms with Gasteiger partial charge < -0.3 is 5.11 Å². The fourth-order valence-corrected chi connectivity index (χ4v) is 2.56. The summed E-state index contributed by atoms with van der Waals surface area (Å²) in [5.74, 6) is -1.22. The minimum absolute atomic E-state index is 0.342. The lowest BCUT2D eigenvalue weighted by Gasteiger charge is -2.40. The summed E-state index contributed by atoms with van der Waals surface area (Å²) in [6.45, 7) is 3.26. The molecule has 1 aliphatic rings. The average Bonchev–Trinajstić information content (AvgIpc) is 2.39. The molecule has 0 amide bonds. The van der Waals surface area contributed by atoms with Crippen molar-refractivity contribution in [3.05, 3.63) is 35.6 Å². The van der Waals surface area contributed by atoms with E-state index >= 15 is 0 Å². The smallest absolute Gasteiger partial charge is 0.328 e. The van der Waals surface area contributed by atoms with E-state index in [1.54, 1.807) is 19.1 Å². The molecule has 1 aromatic carbocycles. The van der Waals surface area contributed by atoms with Gasteiger partial charge in [0.1, 0.15) is 11.4 Å². The minimum atomic E-state index is -1.06. The van der Waals surface area contributed by atoms with Gasteiger partial charge >= 0.3 is 5.97 Å². The van der Waals surface area contributed by atoms with E-state index in [2.05, 4.69) is 0 Å². The van der Waals surface area contributed by atoms with E-state index in [-0.39, 0.29) is 5.82 Å². The molecule has 1 N–H and O–H groups in total. The van der Waals surface area contributed by atoms with Crippen LogP contribution < -0.4 is 0 Å². The Hall–Kier alpha value is -1.42. The lowest BCUT2D eigenvalue weighted by molar-refractivity contribution is -0.152. The van der Waals surface area contributed by atoms with Crippen LogP contribution in [0.2, 0.25) is 0 Å². The zero-order valence-electron chi connectivity index (χ0n) is 10.5. The van der Waals surface area contributed by atoms with Crippen LogP contribution in [-0.2, 0) is 10.3 Å². The highest BCUT2D eigenvalue weighted by Crippen LogP contribution is 2.31. The van der Waals surface area contributed by atoms with Gasteiger partial charge in [-0.1, -0.05) is 18.6 Å². The predicted molar refractivity (Wildman–Crippen MR) is 66.8 cm³/mol. The Labute approximate surface area is 106 Å². The van der Waals surface area contributed by atoms with E-state index in [4.69, 9.17) is 0 Å². The topological polar surface area (TPSA) is 40.5 Å². The summed E-state index contributed by atoms with van der Waals surface area (Å²) in [4.78, 5) is 13.6. The molecule has 0 unspecified atom stereocenters. The van der Waals surface area contributed by atoms with Crippen LogP contribution in [0.5, 0.6) is 0 Å². The molecule has 4 heteroatoms. The Morgan fingerprint density at radius 3 is 2.28 bits per heavy atom. The van der Waals surface area contributed by atoms with Crippen LogP contribution in [0.4, 0.5) is 4.39 Å². The number of carboxylic acids is 1. The number of benzene rings is 1. The quantitative estimate of drug-likeness (QED) is 0.897. The molecular weight excluding hydrogens is 233 g/mol. The number of halogens is 1. The number of hydrogen-bond donors (Lipinski definition) is 1. The molecule has 2 rings (SSSR count). The van der Waals surface area contributed by atoms with Crippen molar-refractivity contribution in [3.63, 3.8) is 0 Å². The van der Waals surface area contributed by atoms with Crippen LogP contribution in [0, 0.1) is 5.82 Å². The molecule has 1 aromatic rings. The van der Waals surface area contributed by atoms with Gasteiger partial charge in [0.15, 0.2) is 0 Å². The van der Waals surface area contributed by atoms with Crippen molar-refractivity contribution >= 4 is 5.97 Å². The summed E-state index contributed by atoms with van der Waals surface area (Å²) in [6, 6.07) is 5.77. The van der Waals surface area contributed by atoms with Crippen LogP contribution in [0.3, 0.4) is 0 Å². The number of piperidine rings is 1. The summed E-state index contributed by atoms with van der Waals surface area (Å²) in [5, 5.41) is 9.57. The van der Waals surface area contributed by atoms with Crippen LogP contribution in [-0.4, -0.2) is 29.1 Å². The summed E-state index contributed by atoms with van der Waals surface area (Å²) >= 11 is 0. The van der Waals surface area contributed by atoms with Gasteiger partial charge in [-0.05, 0) is 50.6 Å². The Balaban J connectivity index is 2.36. The molecule has 1 atom stereocenters. The van der Waals surface area contributed by atoms with Crippen LogP contribution in [0.1, 0.15) is 31.7 Å². The van der Waals surface area contributed by atoms with Gasteiger partial charge in [-0.25, -0.2) is 9.18 Å². The van der Waals surface area contributed by atoms with Gasteiger partial charge in [0.05, 0.1) is 0 Å². The molecule has 0 bridgehead atoms. The highest BCUT2D eigenvalue weighted by atomic mass is 19.1. The van der Waals surface area contributed by atoms with Crippen molar-refractivity contribution in [1.29, 1.82) is 0 Å². The van der Waals surface area contributed by atoms with E-state index in [1.807, 2.05) is 4.90 Å². The second kappa shape index (κ2) is 5.06. The fraction of sp³-hybridized carbons (Fsp3) is 0.500. The van der Waals surface area contributed by atoms with Gasteiger partial charge in [-0.15, -0.1) is 0 Å². The molecule has 1 fully saturated rings. The zero-order chi connectivity index (χ0) is 13.2. The van der Waals surface area contributed by atoms with E-state index in [0.29, 0.717) is 5.56 Å². The largest absolute Gasteiger partial charge is 0.480 e. The average molecular weight is 251 g/mol. The first-order chi connectivity index (χ1) is 8.55. The number of likely N-dealkylation sites (tertiary alicyclic amines) is 1. The van der Waals surface area contributed by atoms with Crippen LogP contribution >= 0.6 is 0 Å². The third-order valence-electron chi connectivity index (χ3n) is 3.81. The minimum Gasteiger partial charge on any atom is -0.480 e. The first-order valence-electron chi connectivity index (χ1n) is 6.29. The number of aliphatic carboxylic acids is 1. The molecule has 0 spiro atoms. The zero-order valence-corrected chi connectivity index (χ0v) is 10.5. The molecule has 18 heavy (non-hydrogen) atoms. The lowest BCUT2D eigenvalue weighted by Crippen LogP contribution is -2.51. The summed E-state index contributed by atoms with van der Waals surface area (Å²) in [7, 11) is 0. The maximum Gasteiger partial charge on any atom is 0.328 e. The van der Waals surface area contributed by atoms with Gasteiger partial charge in [0.2, 0.25) is 0 Å². The molecule has 3 nitrogen and oxygen atoms in total. The highest BCUT2D eigenvalue weighted by Gasteiger charge is 2.41. The fourth-order valence-electron chi connectivity index (χ4n) is 2.56. The van der Waals surface area contributed by atoms with Crippen molar-refractivity contribution in [3.8, 4) is 0 Å². The predicted octanol–water partition coefficient (Wildman–Crippen LogP) is 2.61. The maximum atomic E-state index is 13.0. The van der Waals surface area contributed by atoms with Crippen molar-refractivity contribution in [2.45, 2.75) is 31.7 Å². The number of carboxylic acid groups (broad SMARTS) is 1. The Bertz CT molecular complexity index is 426. The second-order valence-electron chi connectivity index (χ2n) is 4.93. The molecule has 1 aliphatic heterocycles. The summed E-state index contributed by atoms with van der Waals surface area (Å²) < 4.78 is 13.0. The van der Waals surface area contributed by atoms with Crippen LogP contribution in [0.25, 0.3) is 0 Å². The third kappa shape index (κ3) is 2.25. The van der Waals surface area contributed by atoms with Gasteiger partial charge in [0, 0.05) is 0 Å². The standard InChI is InChI=1S/C14H18FNO2/c1-14(13(17)18,16-9-3-2-4-10-16)11-5-7-12(15)8-6-11/h5-8H,2-4,9-10H2,1H3,(H,17,18)/t14-/m1/s1. The number of rotatable bonds is 3. The molecule has 0 radical (unpaired) electrons. The van der Waals surface area contributed by atoms with E-state index in [1.165, 1.54) is 12.1 Å². The molecular formula is C14H18FNO2. The SMILES string of the molecule is C[C@](C(=O)O)(c1ccc(F)cc1)N1CCCCC1. The highest BCUT2D eigenvalue weighted by molar-refractivity contribution is 5.80. The van der Waals surface area contributed by atoms with E-state index < -0.39 is 11.5 Å². The lowest BCUT2D eigenvalue weighted by atomic mass is 9.88. The Morgan fingerprint density at radius 1 is 1.22 bits per heavy atom. The van der Waals surface area contributed by atoms with Gasteiger partial charge in [-0.2, -0.15) is 0 Å². The normalized spacial score (nSPS) is 20.3. The molecule has 0 saturated carbocycles. The van der Waals surface area contributed by atoms with Crippen LogP contribution in [0.15, 0.2) is 24.3 Å². The molecule has 0 aliphatic carbocycles. The monoisotopic (exact) mass is 251 g/mol. The van der Waals surface area contributed by atoms with Crippen molar-refractivity contribution in [2.75, 3.05) is 13.1 Å². The first-order valence-corrected chi connectivity index (χ1v) is 6.29. The van der Waals surface area contributed by atoms with Crippen molar-refractivity contribution in [1.82, 2.24) is 4.90 Å². The Kier molecular flexibility index (Phi) is 3.66. The number of carbonyl (C=O) groups is 1. The van der Waals surface area contributed by atoms with Gasteiger partial charge in [0.25, 0.3) is 0 Å². The summed E-state index contributed by atoms with van der Waals surface area (Å²) in [5.41, 5.74) is -0.424. The molecule has 1 heterocycles. The van der Waals surface area contributed by atoms with Crippen molar-refractivity contribution < 1.29 is 14.3 Å². The van der Waals surface area contributed by atoms with E-state index in [0.717, 1.165) is 32.4 Å². The third-order valence-corrected chi connectivity index (χ3v) is 3.81. The molecule has 1 saturated heterocycles. The first kappa shape index (κ1) is 13.0. The number of nitrogens with zero attached hydrogens (tertiary/aromatic N) is 1. The molecule has 98 valence electrons. The maximum absolute atomic E-state index is 13.0. The summed E-state index contributed by atoms with van der Waals surface area (Å²) in [6.07, 6.45) is 3.18. The Morgan fingerprint density at radius 2 is 1.78 bits per heavy atom. The van der Waals surface area contributed by atoms with Gasteiger partial charge in [-0.3, -0.25) is 4.90 Å². The second-order valence-corrected chi connectivity index (χ2v) is 4.93.